The van der Waals surface area contributed by atoms with Crippen molar-refractivity contribution in [3.8, 4) is 0 Å². The normalized spacial score (nSPS) is 10.1. The van der Waals surface area contributed by atoms with Crippen LogP contribution in [0.1, 0.15) is 15.9 Å². The van der Waals surface area contributed by atoms with Gasteiger partial charge in [-0.1, -0.05) is 11.6 Å². The molecule has 18 heavy (non-hydrogen) atoms. The van der Waals surface area contributed by atoms with Crippen molar-refractivity contribution in [2.75, 3.05) is 5.32 Å². The Hall–Kier alpha value is -2.14. The molecule has 0 aliphatic heterocycles. The van der Waals surface area contributed by atoms with E-state index in [1.54, 1.807) is 30.6 Å². The highest BCUT2D eigenvalue weighted by Crippen LogP contribution is 2.23. The molecular weight excluding hydrogens is 252 g/mol. The molecule has 0 saturated heterocycles. The number of benzene rings is 1. The van der Waals surface area contributed by atoms with E-state index in [0.29, 0.717) is 22.8 Å². The number of nitrogens with zero attached hydrogens (tertiary/aromatic N) is 2. The van der Waals surface area contributed by atoms with Crippen molar-refractivity contribution in [2.24, 2.45) is 5.73 Å². The third-order valence-corrected chi connectivity index (χ3v) is 2.68. The number of primary amides is 1. The van der Waals surface area contributed by atoms with E-state index in [0.717, 1.165) is 5.56 Å². The second kappa shape index (κ2) is 5.46. The van der Waals surface area contributed by atoms with Crippen LogP contribution in [0.5, 0.6) is 0 Å². The summed E-state index contributed by atoms with van der Waals surface area (Å²) in [7, 11) is 0. The maximum Gasteiger partial charge on any atom is 0.248 e. The molecule has 0 saturated carbocycles. The lowest BCUT2D eigenvalue weighted by molar-refractivity contribution is 0.100. The van der Waals surface area contributed by atoms with Crippen LogP contribution in [-0.4, -0.2) is 15.9 Å². The number of hydrogen-bond donors (Lipinski definition) is 2. The Morgan fingerprint density at radius 2 is 2.06 bits per heavy atom. The van der Waals surface area contributed by atoms with E-state index < -0.39 is 5.91 Å². The zero-order valence-corrected chi connectivity index (χ0v) is 10.2. The summed E-state index contributed by atoms with van der Waals surface area (Å²) in [5.41, 5.74) is 7.18. The SMILES string of the molecule is NC(=O)c1ccc(Cl)c(NCc2cncnc2)c1. The molecule has 0 spiro atoms. The molecule has 2 rings (SSSR count). The van der Waals surface area contributed by atoms with Gasteiger partial charge in [0.1, 0.15) is 6.33 Å². The third-order valence-electron chi connectivity index (χ3n) is 2.35. The minimum absolute atomic E-state index is 0.409. The lowest BCUT2D eigenvalue weighted by Crippen LogP contribution is -2.11. The summed E-state index contributed by atoms with van der Waals surface area (Å²) >= 11 is 6.02. The van der Waals surface area contributed by atoms with Gasteiger partial charge in [0.05, 0.1) is 10.7 Å². The molecular formula is C12H11ClN4O. The molecule has 92 valence electrons. The molecule has 1 aromatic carbocycles. The Balaban J connectivity index is 2.14. The number of aromatic nitrogens is 2. The van der Waals surface area contributed by atoms with Crippen molar-refractivity contribution in [3.63, 3.8) is 0 Å². The Bertz CT molecular complexity index is 559. The van der Waals surface area contributed by atoms with Gasteiger partial charge in [0.2, 0.25) is 5.91 Å². The molecule has 0 fully saturated rings. The van der Waals surface area contributed by atoms with Crippen LogP contribution in [0, 0.1) is 0 Å². The van der Waals surface area contributed by atoms with Gasteiger partial charge in [-0.2, -0.15) is 0 Å². The van der Waals surface area contributed by atoms with Crippen LogP contribution in [0.3, 0.4) is 0 Å². The quantitative estimate of drug-likeness (QED) is 0.881. The Kier molecular flexibility index (Phi) is 3.74. The number of carbonyl (C=O) groups excluding carboxylic acids is 1. The summed E-state index contributed by atoms with van der Waals surface area (Å²) in [5, 5.41) is 3.63. The second-order valence-corrected chi connectivity index (χ2v) is 4.07. The Morgan fingerprint density at radius 1 is 1.33 bits per heavy atom. The minimum Gasteiger partial charge on any atom is -0.380 e. The number of rotatable bonds is 4. The van der Waals surface area contributed by atoms with Gasteiger partial charge in [-0.25, -0.2) is 9.97 Å². The molecule has 3 N–H and O–H groups in total. The highest BCUT2D eigenvalue weighted by molar-refractivity contribution is 6.33. The molecule has 5 nitrogen and oxygen atoms in total. The third kappa shape index (κ3) is 2.95. The first kappa shape index (κ1) is 12.3. The minimum atomic E-state index is -0.488. The highest BCUT2D eigenvalue weighted by Gasteiger charge is 2.05. The van der Waals surface area contributed by atoms with Crippen molar-refractivity contribution in [2.45, 2.75) is 6.54 Å². The molecule has 0 unspecified atom stereocenters. The fourth-order valence-corrected chi connectivity index (χ4v) is 1.62. The van der Waals surface area contributed by atoms with Crippen molar-refractivity contribution in [1.29, 1.82) is 0 Å². The lowest BCUT2D eigenvalue weighted by atomic mass is 10.2. The summed E-state index contributed by atoms with van der Waals surface area (Å²) in [6.07, 6.45) is 4.86. The number of hydrogen-bond acceptors (Lipinski definition) is 4. The molecule has 0 radical (unpaired) electrons. The van der Waals surface area contributed by atoms with Gasteiger partial charge in [-0.3, -0.25) is 4.79 Å². The first-order chi connectivity index (χ1) is 8.66. The van der Waals surface area contributed by atoms with Crippen molar-refractivity contribution < 1.29 is 4.79 Å². The first-order valence-corrected chi connectivity index (χ1v) is 5.62. The zero-order chi connectivity index (χ0) is 13.0. The van der Waals surface area contributed by atoms with Crippen molar-refractivity contribution in [3.05, 3.63) is 53.1 Å². The van der Waals surface area contributed by atoms with E-state index in [1.807, 2.05) is 0 Å². The first-order valence-electron chi connectivity index (χ1n) is 5.24. The van der Waals surface area contributed by atoms with E-state index >= 15 is 0 Å². The van der Waals surface area contributed by atoms with Crippen molar-refractivity contribution in [1.82, 2.24) is 9.97 Å². The smallest absolute Gasteiger partial charge is 0.248 e. The number of anilines is 1. The van der Waals surface area contributed by atoms with E-state index in [1.165, 1.54) is 6.33 Å². The fourth-order valence-electron chi connectivity index (χ4n) is 1.43. The number of nitrogens with two attached hydrogens (primary N) is 1. The van der Waals surface area contributed by atoms with Crippen molar-refractivity contribution >= 4 is 23.2 Å². The van der Waals surface area contributed by atoms with E-state index in [2.05, 4.69) is 15.3 Å². The molecule has 1 aromatic heterocycles. The van der Waals surface area contributed by atoms with Gasteiger partial charge in [0.25, 0.3) is 0 Å². The van der Waals surface area contributed by atoms with E-state index in [9.17, 15) is 4.79 Å². The molecule has 0 atom stereocenters. The second-order valence-electron chi connectivity index (χ2n) is 3.66. The Labute approximate surface area is 109 Å². The highest BCUT2D eigenvalue weighted by atomic mass is 35.5. The lowest BCUT2D eigenvalue weighted by Gasteiger charge is -2.09. The van der Waals surface area contributed by atoms with Crippen LogP contribution in [0.2, 0.25) is 5.02 Å². The molecule has 1 amide bonds. The van der Waals surface area contributed by atoms with Crippen LogP contribution >= 0.6 is 11.6 Å². The molecule has 1 heterocycles. The average molecular weight is 263 g/mol. The summed E-state index contributed by atoms with van der Waals surface area (Å²) in [6, 6.07) is 4.83. The standard InChI is InChI=1S/C12H11ClN4O/c13-10-2-1-9(12(14)18)3-11(10)17-6-8-4-15-7-16-5-8/h1-5,7,17H,6H2,(H2,14,18). The number of amides is 1. The van der Waals surface area contributed by atoms with E-state index in [4.69, 9.17) is 17.3 Å². The maximum absolute atomic E-state index is 11.1. The molecule has 0 bridgehead atoms. The number of carbonyl (C=O) groups is 1. The molecule has 0 aliphatic rings. The molecule has 2 aromatic rings. The zero-order valence-electron chi connectivity index (χ0n) is 9.43. The van der Waals surface area contributed by atoms with Gasteiger partial charge in [0.15, 0.2) is 0 Å². The van der Waals surface area contributed by atoms with E-state index in [-0.39, 0.29) is 0 Å². The topological polar surface area (TPSA) is 80.9 Å². The largest absolute Gasteiger partial charge is 0.380 e. The summed E-state index contributed by atoms with van der Waals surface area (Å²) in [6.45, 7) is 0.517. The van der Waals surface area contributed by atoms with Crippen LogP contribution in [0.25, 0.3) is 0 Å². The maximum atomic E-state index is 11.1. The van der Waals surface area contributed by atoms with Gasteiger partial charge < -0.3 is 11.1 Å². The monoisotopic (exact) mass is 262 g/mol. The molecule has 6 heteroatoms. The van der Waals surface area contributed by atoms with Gasteiger partial charge in [0, 0.05) is 30.1 Å². The number of nitrogens with one attached hydrogen (secondary N) is 1. The van der Waals surface area contributed by atoms with Crippen LogP contribution in [0.15, 0.2) is 36.9 Å². The summed E-state index contributed by atoms with van der Waals surface area (Å²) < 4.78 is 0. The summed E-state index contributed by atoms with van der Waals surface area (Å²) in [5.74, 6) is -0.488. The molecule has 0 aliphatic carbocycles. The summed E-state index contributed by atoms with van der Waals surface area (Å²) in [4.78, 5) is 18.9. The predicted octanol–water partition coefficient (Wildman–Crippen LogP) is 1.84. The predicted molar refractivity (Wildman–Crippen MR) is 69.3 cm³/mol. The Morgan fingerprint density at radius 3 is 2.72 bits per heavy atom. The van der Waals surface area contributed by atoms with Gasteiger partial charge in [-0.15, -0.1) is 0 Å². The van der Waals surface area contributed by atoms with Crippen LogP contribution < -0.4 is 11.1 Å². The van der Waals surface area contributed by atoms with Crippen LogP contribution in [0.4, 0.5) is 5.69 Å². The number of halogens is 1. The fraction of sp³-hybridized carbons (Fsp3) is 0.0833. The average Bonchev–Trinajstić information content (AvgIpc) is 2.38. The van der Waals surface area contributed by atoms with Gasteiger partial charge in [-0.05, 0) is 18.2 Å². The van der Waals surface area contributed by atoms with Crippen LogP contribution in [-0.2, 0) is 6.54 Å². The van der Waals surface area contributed by atoms with Gasteiger partial charge >= 0.3 is 0 Å².